The third-order valence-corrected chi connectivity index (χ3v) is 4.26. The fourth-order valence-electron chi connectivity index (χ4n) is 2.62. The van der Waals surface area contributed by atoms with Crippen molar-refractivity contribution in [2.45, 2.75) is 53.4 Å². The highest BCUT2D eigenvalue weighted by molar-refractivity contribution is 5.81. The molecule has 0 fully saturated rings. The van der Waals surface area contributed by atoms with E-state index in [2.05, 4.69) is 0 Å². The number of carbonyl (C=O) groups excluding carboxylic acids is 2. The third kappa shape index (κ3) is 15.6. The summed E-state index contributed by atoms with van der Waals surface area (Å²) < 4.78 is 31.9. The average Bonchev–Trinajstić information content (AvgIpc) is 2.74. The zero-order valence-electron chi connectivity index (χ0n) is 19.3. The van der Waals surface area contributed by atoms with Gasteiger partial charge in [0.2, 0.25) is 0 Å². The molecule has 0 rings (SSSR count). The largest absolute Gasteiger partial charge is 0.463 e. The monoisotopic (exact) mass is 434 g/mol. The predicted molar refractivity (Wildman–Crippen MR) is 113 cm³/mol. The molecule has 0 aliphatic heterocycles. The summed E-state index contributed by atoms with van der Waals surface area (Å²) in [7, 11) is 0. The van der Waals surface area contributed by atoms with E-state index in [0.29, 0.717) is 59.3 Å². The highest BCUT2D eigenvalue weighted by Gasteiger charge is 2.31. The Balaban J connectivity index is 4.04. The molecule has 178 valence electrons. The Morgan fingerprint density at radius 1 is 0.567 bits per heavy atom. The molecule has 0 saturated carbocycles. The van der Waals surface area contributed by atoms with Crippen molar-refractivity contribution >= 4 is 11.9 Å². The van der Waals surface area contributed by atoms with Crippen LogP contribution in [0.1, 0.15) is 53.4 Å². The van der Waals surface area contributed by atoms with Gasteiger partial charge in [0.05, 0.1) is 51.5 Å². The van der Waals surface area contributed by atoms with Gasteiger partial charge >= 0.3 is 11.9 Å². The lowest BCUT2D eigenvalue weighted by Crippen LogP contribution is -2.32. The molecule has 0 aromatic rings. The van der Waals surface area contributed by atoms with E-state index in [4.69, 9.17) is 28.4 Å². The van der Waals surface area contributed by atoms with Gasteiger partial charge in [0, 0.05) is 13.2 Å². The topological polar surface area (TPSA) is 89.5 Å². The van der Waals surface area contributed by atoms with Gasteiger partial charge in [-0.2, -0.15) is 0 Å². The maximum Gasteiger partial charge on any atom is 0.309 e. The van der Waals surface area contributed by atoms with Crippen LogP contribution in [0.25, 0.3) is 0 Å². The van der Waals surface area contributed by atoms with Gasteiger partial charge in [0.25, 0.3) is 0 Å². The van der Waals surface area contributed by atoms with Crippen molar-refractivity contribution in [3.63, 3.8) is 0 Å². The van der Waals surface area contributed by atoms with Gasteiger partial charge in [-0.15, -0.1) is 0 Å². The summed E-state index contributed by atoms with van der Waals surface area (Å²) in [6, 6.07) is 0. The van der Waals surface area contributed by atoms with E-state index >= 15 is 0 Å². The van der Waals surface area contributed by atoms with Crippen molar-refractivity contribution < 1.29 is 38.0 Å². The van der Waals surface area contributed by atoms with Crippen LogP contribution in [0.15, 0.2) is 0 Å². The summed E-state index contributed by atoms with van der Waals surface area (Å²) in [5, 5.41) is 0. The third-order valence-electron chi connectivity index (χ3n) is 4.26. The number of esters is 2. The second-order valence-electron chi connectivity index (χ2n) is 6.97. The molecule has 30 heavy (non-hydrogen) atoms. The van der Waals surface area contributed by atoms with Gasteiger partial charge in [0.1, 0.15) is 13.2 Å². The van der Waals surface area contributed by atoms with Gasteiger partial charge in [-0.25, -0.2) is 0 Å². The Morgan fingerprint density at radius 2 is 0.967 bits per heavy atom. The van der Waals surface area contributed by atoms with Crippen molar-refractivity contribution in [3.8, 4) is 0 Å². The number of rotatable bonds is 21. The van der Waals surface area contributed by atoms with Gasteiger partial charge in [-0.05, 0) is 19.3 Å². The predicted octanol–water partition coefficient (Wildman–Crippen LogP) is 3.01. The summed E-state index contributed by atoms with van der Waals surface area (Å²) in [5.41, 5.74) is 0. The van der Waals surface area contributed by atoms with Crippen LogP contribution in [-0.4, -0.2) is 78.0 Å². The molecule has 2 unspecified atom stereocenters. The number of hydrogen-bond acceptors (Lipinski definition) is 8. The normalized spacial score (nSPS) is 13.1. The lowest BCUT2D eigenvalue weighted by Gasteiger charge is -2.21. The Hall–Kier alpha value is -1.22. The fourth-order valence-corrected chi connectivity index (χ4v) is 2.62. The maximum atomic E-state index is 12.4. The molecule has 8 heteroatoms. The zero-order chi connectivity index (χ0) is 22.5. The van der Waals surface area contributed by atoms with Crippen molar-refractivity contribution in [3.05, 3.63) is 0 Å². The number of hydrogen-bond donors (Lipinski definition) is 0. The van der Waals surface area contributed by atoms with Crippen LogP contribution in [0.4, 0.5) is 0 Å². The molecule has 0 aliphatic carbocycles. The molecule has 8 nitrogen and oxygen atoms in total. The molecule has 2 atom stereocenters. The minimum absolute atomic E-state index is 0.152. The molecule has 0 aliphatic rings. The summed E-state index contributed by atoms with van der Waals surface area (Å²) in [4.78, 5) is 24.7. The van der Waals surface area contributed by atoms with Gasteiger partial charge in [-0.1, -0.05) is 34.1 Å². The summed E-state index contributed by atoms with van der Waals surface area (Å²) in [6.45, 7) is 12.1. The summed E-state index contributed by atoms with van der Waals surface area (Å²) in [6.07, 6.45) is 3.27. The highest BCUT2D eigenvalue weighted by Crippen LogP contribution is 2.21. The smallest absolute Gasteiger partial charge is 0.309 e. The van der Waals surface area contributed by atoms with Crippen molar-refractivity contribution in [1.82, 2.24) is 0 Å². The van der Waals surface area contributed by atoms with Crippen molar-refractivity contribution in [1.29, 1.82) is 0 Å². The van der Waals surface area contributed by atoms with E-state index in [1.54, 1.807) is 6.92 Å². The van der Waals surface area contributed by atoms with Crippen LogP contribution in [0, 0.1) is 11.8 Å². The maximum absolute atomic E-state index is 12.4. The quantitative estimate of drug-likeness (QED) is 0.201. The molecule has 0 aromatic heterocycles. The molecule has 0 radical (unpaired) electrons. The standard InChI is InChI=1S/C22H42O8/c1-5-8-20(22(24)30-18-16-28-14-12-26-10-7-3)19(4)21(23)29-17-15-27-13-11-25-9-6-2/h19-20H,5-18H2,1-4H3. The molecule has 0 N–H and O–H groups in total. The lowest BCUT2D eigenvalue weighted by molar-refractivity contribution is -0.162. The minimum Gasteiger partial charge on any atom is -0.463 e. The van der Waals surface area contributed by atoms with E-state index in [0.717, 1.165) is 19.3 Å². The first-order valence-corrected chi connectivity index (χ1v) is 11.2. The van der Waals surface area contributed by atoms with Gasteiger partial charge in [0.15, 0.2) is 0 Å². The van der Waals surface area contributed by atoms with Gasteiger partial charge in [-0.3, -0.25) is 9.59 Å². The molecule has 0 heterocycles. The van der Waals surface area contributed by atoms with Crippen LogP contribution in [0.5, 0.6) is 0 Å². The molecule has 0 bridgehead atoms. The summed E-state index contributed by atoms with van der Waals surface area (Å²) >= 11 is 0. The molecule has 0 spiro atoms. The van der Waals surface area contributed by atoms with E-state index in [9.17, 15) is 9.59 Å². The van der Waals surface area contributed by atoms with Crippen molar-refractivity contribution in [2.75, 3.05) is 66.1 Å². The average molecular weight is 435 g/mol. The van der Waals surface area contributed by atoms with E-state index in [-0.39, 0.29) is 13.2 Å². The van der Waals surface area contributed by atoms with Crippen LogP contribution < -0.4 is 0 Å². The summed E-state index contributed by atoms with van der Waals surface area (Å²) in [5.74, 6) is -1.91. The Morgan fingerprint density at radius 3 is 1.40 bits per heavy atom. The molecular weight excluding hydrogens is 392 g/mol. The minimum atomic E-state index is -0.575. The fraction of sp³-hybridized carbons (Fsp3) is 0.909. The molecule has 0 amide bonds. The van der Waals surface area contributed by atoms with E-state index < -0.39 is 23.8 Å². The molecule has 0 aromatic carbocycles. The number of ether oxygens (including phenoxy) is 6. The van der Waals surface area contributed by atoms with Crippen LogP contribution in [0.3, 0.4) is 0 Å². The Kier molecular flexibility index (Phi) is 20.2. The lowest BCUT2D eigenvalue weighted by atomic mass is 9.90. The van der Waals surface area contributed by atoms with Crippen molar-refractivity contribution in [2.24, 2.45) is 11.8 Å². The van der Waals surface area contributed by atoms with Crippen LogP contribution >= 0.6 is 0 Å². The Bertz CT molecular complexity index is 416. The first kappa shape index (κ1) is 28.8. The second-order valence-corrected chi connectivity index (χ2v) is 6.97. The molecule has 0 saturated heterocycles. The molecular formula is C22H42O8. The zero-order valence-corrected chi connectivity index (χ0v) is 19.3. The first-order valence-electron chi connectivity index (χ1n) is 11.2. The van der Waals surface area contributed by atoms with Crippen LogP contribution in [-0.2, 0) is 38.0 Å². The SMILES string of the molecule is CCCOCCOCCOC(=O)C(C)C(CCC)C(=O)OCCOCCOCCC. The van der Waals surface area contributed by atoms with Crippen LogP contribution in [0.2, 0.25) is 0 Å². The second kappa shape index (κ2) is 21.0. The van der Waals surface area contributed by atoms with E-state index in [1.165, 1.54) is 0 Å². The van der Waals surface area contributed by atoms with Gasteiger partial charge < -0.3 is 28.4 Å². The highest BCUT2D eigenvalue weighted by atomic mass is 16.6. The number of carbonyl (C=O) groups is 2. The first-order chi connectivity index (χ1) is 14.6. The Labute approximate surface area is 181 Å². The van der Waals surface area contributed by atoms with E-state index in [1.807, 2.05) is 20.8 Å².